The van der Waals surface area contributed by atoms with Crippen molar-refractivity contribution in [1.29, 1.82) is 0 Å². The van der Waals surface area contributed by atoms with Gasteiger partial charge in [-0.15, -0.1) is 0 Å². The van der Waals surface area contributed by atoms with Gasteiger partial charge in [0, 0.05) is 16.2 Å². The third kappa shape index (κ3) is 2.82. The molecule has 0 aliphatic heterocycles. The molecule has 0 amide bonds. The molecule has 2 heterocycles. The van der Waals surface area contributed by atoms with Crippen molar-refractivity contribution >= 4 is 38.2 Å². The van der Waals surface area contributed by atoms with E-state index in [-0.39, 0.29) is 5.56 Å². The van der Waals surface area contributed by atoms with Crippen LogP contribution < -0.4 is 5.56 Å². The van der Waals surface area contributed by atoms with Crippen molar-refractivity contribution < 1.29 is 0 Å². The molecule has 0 spiro atoms. The quantitative estimate of drug-likeness (QED) is 0.325. The van der Waals surface area contributed by atoms with Crippen LogP contribution in [0.1, 0.15) is 53.0 Å². The van der Waals surface area contributed by atoms with E-state index in [9.17, 15) is 4.79 Å². The fourth-order valence-electron chi connectivity index (χ4n) is 3.83. The highest BCUT2D eigenvalue weighted by molar-refractivity contribution is 6.16. The lowest BCUT2D eigenvalue weighted by molar-refractivity contribution is 0.877. The number of fused-ring (bicyclic) bond motifs is 4. The van der Waals surface area contributed by atoms with Crippen LogP contribution in [0.5, 0.6) is 0 Å². The molecule has 0 bridgehead atoms. The minimum absolute atomic E-state index is 0.0118. The summed E-state index contributed by atoms with van der Waals surface area (Å²) in [6.45, 7) is 12.4. The molecule has 0 unspecified atom stereocenters. The molecule has 0 radical (unpaired) electrons. The summed E-state index contributed by atoms with van der Waals surface area (Å²) in [5.74, 6) is 0.408. The van der Waals surface area contributed by atoms with Crippen molar-refractivity contribution in [3.8, 4) is 0 Å². The summed E-state index contributed by atoms with van der Waals surface area (Å²) in [7, 11) is 0. The predicted molar refractivity (Wildman–Crippen MR) is 122 cm³/mol. The van der Waals surface area contributed by atoms with Crippen LogP contribution in [0.3, 0.4) is 0 Å². The van der Waals surface area contributed by atoms with Gasteiger partial charge in [0.05, 0.1) is 11.0 Å². The Morgan fingerprint density at radius 3 is 2.18 bits per heavy atom. The Morgan fingerprint density at radius 1 is 0.786 bits per heavy atom. The second-order valence-corrected chi connectivity index (χ2v) is 6.65. The predicted octanol–water partition coefficient (Wildman–Crippen LogP) is 6.77. The highest BCUT2D eigenvalue weighted by Crippen LogP contribution is 2.34. The van der Waals surface area contributed by atoms with Crippen molar-refractivity contribution in [3.05, 3.63) is 70.5 Å². The fraction of sp³-hybridized carbons (Fsp3) is 0.280. The number of rotatable bonds is 1. The molecule has 2 aromatic heterocycles. The maximum atomic E-state index is 13.2. The van der Waals surface area contributed by atoms with Crippen LogP contribution in [0.25, 0.3) is 38.2 Å². The van der Waals surface area contributed by atoms with E-state index < -0.39 is 0 Å². The van der Waals surface area contributed by atoms with Gasteiger partial charge < -0.3 is 0 Å². The van der Waals surface area contributed by atoms with Gasteiger partial charge in [-0.25, -0.2) is 4.98 Å². The number of hydrogen-bond acceptors (Lipinski definition) is 2. The number of nitrogens with zero attached hydrogens (tertiary/aromatic N) is 2. The molecule has 0 saturated carbocycles. The zero-order chi connectivity index (χ0) is 20.4. The maximum absolute atomic E-state index is 13.2. The van der Waals surface area contributed by atoms with E-state index in [1.165, 1.54) is 5.56 Å². The van der Waals surface area contributed by atoms with Crippen molar-refractivity contribution in [3.63, 3.8) is 0 Å². The summed E-state index contributed by atoms with van der Waals surface area (Å²) in [5.41, 5.74) is 3.76. The Kier molecular flexibility index (Phi) is 5.64. The summed E-state index contributed by atoms with van der Waals surface area (Å²) in [4.78, 5) is 17.9. The summed E-state index contributed by atoms with van der Waals surface area (Å²) in [6, 6.07) is 18.1. The summed E-state index contributed by atoms with van der Waals surface area (Å²) in [5, 5.41) is 4.00. The molecule has 3 aromatic carbocycles. The Bertz CT molecular complexity index is 1300. The Hall–Kier alpha value is -2.94. The van der Waals surface area contributed by atoms with Crippen LogP contribution in [0.15, 0.2) is 59.4 Å². The van der Waals surface area contributed by atoms with Crippen LogP contribution in [-0.4, -0.2) is 9.38 Å². The monoisotopic (exact) mass is 372 g/mol. The summed E-state index contributed by atoms with van der Waals surface area (Å²) < 4.78 is 1.75. The molecule has 3 nitrogen and oxygen atoms in total. The lowest BCUT2D eigenvalue weighted by atomic mass is 9.92. The van der Waals surface area contributed by atoms with E-state index in [1.54, 1.807) is 4.40 Å². The third-order valence-electron chi connectivity index (χ3n) is 4.93. The normalized spacial score (nSPS) is 11.0. The van der Waals surface area contributed by atoms with Gasteiger partial charge in [-0.3, -0.25) is 9.20 Å². The van der Waals surface area contributed by atoms with Crippen molar-refractivity contribution in [1.82, 2.24) is 9.38 Å². The van der Waals surface area contributed by atoms with E-state index in [0.29, 0.717) is 5.92 Å². The molecule has 0 aliphatic rings. The molecule has 0 N–H and O–H groups in total. The van der Waals surface area contributed by atoms with Gasteiger partial charge in [0.25, 0.3) is 5.56 Å². The van der Waals surface area contributed by atoms with E-state index in [2.05, 4.69) is 32.0 Å². The lowest BCUT2D eigenvalue weighted by Gasteiger charge is -2.13. The van der Waals surface area contributed by atoms with Crippen LogP contribution in [-0.2, 0) is 0 Å². The molecular weight excluding hydrogens is 344 g/mol. The lowest BCUT2D eigenvalue weighted by Crippen LogP contribution is -2.13. The minimum Gasteiger partial charge on any atom is -0.268 e. The Labute approximate surface area is 166 Å². The minimum atomic E-state index is 0.0118. The maximum Gasteiger partial charge on any atom is 0.264 e. The summed E-state index contributed by atoms with van der Waals surface area (Å²) in [6.07, 6.45) is 0. The number of imidazole rings is 1. The van der Waals surface area contributed by atoms with Gasteiger partial charge in [0.2, 0.25) is 0 Å². The molecule has 0 aliphatic carbocycles. The zero-order valence-corrected chi connectivity index (χ0v) is 17.6. The molecule has 0 atom stereocenters. The Morgan fingerprint density at radius 2 is 1.46 bits per heavy atom. The first kappa shape index (κ1) is 19.8. The van der Waals surface area contributed by atoms with E-state index in [1.807, 2.05) is 64.1 Å². The average molecular weight is 373 g/mol. The van der Waals surface area contributed by atoms with Crippen molar-refractivity contribution in [2.45, 2.75) is 47.5 Å². The smallest absolute Gasteiger partial charge is 0.264 e. The van der Waals surface area contributed by atoms with E-state index in [0.717, 1.165) is 38.2 Å². The second-order valence-electron chi connectivity index (χ2n) is 6.65. The van der Waals surface area contributed by atoms with Crippen LogP contribution in [0.4, 0.5) is 0 Å². The van der Waals surface area contributed by atoms with Crippen LogP contribution in [0, 0.1) is 0 Å². The van der Waals surface area contributed by atoms with Crippen molar-refractivity contribution in [2.75, 3.05) is 0 Å². The molecule has 28 heavy (non-hydrogen) atoms. The molecule has 5 aromatic rings. The first-order valence-corrected chi connectivity index (χ1v) is 10.2. The third-order valence-corrected chi connectivity index (χ3v) is 4.93. The van der Waals surface area contributed by atoms with E-state index in [4.69, 9.17) is 4.98 Å². The van der Waals surface area contributed by atoms with Gasteiger partial charge in [-0.05, 0) is 35.1 Å². The standard InChI is InChI=1S/C21H16N2O.2C2H6/c1-12(2)13-10-11-15-19-14(13)6-5-7-16(19)21(24)23-18-9-4-3-8-17(18)22-20(15)23;2*1-2/h3-12H,1-2H3;2*1-2H3. The van der Waals surface area contributed by atoms with Gasteiger partial charge in [0.1, 0.15) is 5.65 Å². The van der Waals surface area contributed by atoms with Gasteiger partial charge >= 0.3 is 0 Å². The summed E-state index contributed by atoms with van der Waals surface area (Å²) >= 11 is 0. The van der Waals surface area contributed by atoms with Gasteiger partial charge in [-0.1, -0.05) is 77.9 Å². The number of hydrogen-bond donors (Lipinski definition) is 0. The number of aromatic nitrogens is 2. The number of para-hydroxylation sites is 2. The highest BCUT2D eigenvalue weighted by Gasteiger charge is 2.17. The Balaban J connectivity index is 0.000000531. The van der Waals surface area contributed by atoms with Crippen LogP contribution in [0.2, 0.25) is 0 Å². The molecule has 0 saturated heterocycles. The van der Waals surface area contributed by atoms with Gasteiger partial charge in [-0.2, -0.15) is 0 Å². The molecule has 5 rings (SSSR count). The second kappa shape index (κ2) is 7.97. The topological polar surface area (TPSA) is 34.4 Å². The zero-order valence-electron chi connectivity index (χ0n) is 17.6. The van der Waals surface area contributed by atoms with Crippen LogP contribution >= 0.6 is 0 Å². The van der Waals surface area contributed by atoms with E-state index >= 15 is 0 Å². The van der Waals surface area contributed by atoms with Gasteiger partial charge in [0.15, 0.2) is 0 Å². The molecular formula is C25H28N2O. The van der Waals surface area contributed by atoms with Crippen molar-refractivity contribution in [2.24, 2.45) is 0 Å². The first-order valence-electron chi connectivity index (χ1n) is 10.2. The molecule has 0 fully saturated rings. The number of pyridine rings is 1. The largest absolute Gasteiger partial charge is 0.268 e. The SMILES string of the molecule is CC.CC.CC(C)c1ccc2c3c1cccc3c(=O)n1c3ccccc3nc21. The molecule has 3 heteroatoms. The molecule has 144 valence electrons. The highest BCUT2D eigenvalue weighted by atomic mass is 16.1. The fourth-order valence-corrected chi connectivity index (χ4v) is 3.83. The average Bonchev–Trinajstić information content (AvgIpc) is 3.14. The first-order chi connectivity index (χ1) is 13.7. The number of benzene rings is 3.